The molecule has 1 saturated carbocycles. The van der Waals surface area contributed by atoms with E-state index >= 15 is 0 Å². The Balaban J connectivity index is 2.41. The number of carboxylic acids is 1. The molecule has 0 aliphatic heterocycles. The summed E-state index contributed by atoms with van der Waals surface area (Å²) in [6.07, 6.45) is 2.18. The van der Waals surface area contributed by atoms with E-state index in [0.717, 1.165) is 34.6 Å². The second-order valence-electron chi connectivity index (χ2n) is 4.77. The number of halogens is 1. The molecule has 0 heterocycles. The van der Waals surface area contributed by atoms with Crippen molar-refractivity contribution in [2.45, 2.75) is 38.5 Å². The molecule has 0 amide bonds. The second kappa shape index (κ2) is 3.77. The summed E-state index contributed by atoms with van der Waals surface area (Å²) in [6.45, 7) is 3.96. The summed E-state index contributed by atoms with van der Waals surface area (Å²) in [4.78, 5) is 10.9. The van der Waals surface area contributed by atoms with Gasteiger partial charge in [0, 0.05) is 10.4 Å². The van der Waals surface area contributed by atoms with Gasteiger partial charge in [-0.1, -0.05) is 17.7 Å². The van der Waals surface area contributed by atoms with Crippen molar-refractivity contribution < 1.29 is 9.90 Å². The zero-order valence-electron chi connectivity index (χ0n) is 9.51. The molecule has 2 nitrogen and oxygen atoms in total. The molecular formula is C13H15ClO2. The molecule has 1 N–H and O–H groups in total. The Bertz CT molecular complexity index is 447. The first kappa shape index (κ1) is 11.5. The fourth-order valence-electron chi connectivity index (χ4n) is 2.33. The molecule has 0 unspecified atom stereocenters. The molecule has 0 bridgehead atoms. The van der Waals surface area contributed by atoms with Gasteiger partial charge in [-0.15, -0.1) is 0 Å². The van der Waals surface area contributed by atoms with E-state index < -0.39 is 5.97 Å². The SMILES string of the molecule is Cc1cc(C2(CC(=O)O)CC2)c(C)cc1Cl. The second-order valence-corrected chi connectivity index (χ2v) is 5.17. The molecule has 1 aliphatic carbocycles. The van der Waals surface area contributed by atoms with Crippen molar-refractivity contribution in [2.24, 2.45) is 0 Å². The highest BCUT2D eigenvalue weighted by molar-refractivity contribution is 6.31. The monoisotopic (exact) mass is 238 g/mol. The van der Waals surface area contributed by atoms with Crippen LogP contribution in [-0.2, 0) is 10.2 Å². The summed E-state index contributed by atoms with van der Waals surface area (Å²) in [6, 6.07) is 3.99. The minimum Gasteiger partial charge on any atom is -0.481 e. The van der Waals surface area contributed by atoms with Crippen molar-refractivity contribution in [2.75, 3.05) is 0 Å². The highest BCUT2D eigenvalue weighted by Gasteiger charge is 2.46. The Kier molecular flexibility index (Phi) is 2.70. The molecule has 0 atom stereocenters. The smallest absolute Gasteiger partial charge is 0.304 e. The average Bonchev–Trinajstić information content (AvgIpc) is 2.91. The first-order valence-corrected chi connectivity index (χ1v) is 5.81. The number of benzene rings is 1. The van der Waals surface area contributed by atoms with Crippen molar-refractivity contribution in [3.8, 4) is 0 Å². The zero-order valence-corrected chi connectivity index (χ0v) is 10.3. The van der Waals surface area contributed by atoms with Gasteiger partial charge in [-0.2, -0.15) is 0 Å². The molecule has 16 heavy (non-hydrogen) atoms. The average molecular weight is 239 g/mol. The van der Waals surface area contributed by atoms with E-state index in [2.05, 4.69) is 0 Å². The number of carbonyl (C=O) groups is 1. The van der Waals surface area contributed by atoms with Gasteiger partial charge < -0.3 is 5.11 Å². The number of rotatable bonds is 3. The number of aryl methyl sites for hydroxylation is 2. The van der Waals surface area contributed by atoms with Gasteiger partial charge in [0.1, 0.15) is 0 Å². The van der Waals surface area contributed by atoms with Crippen molar-refractivity contribution in [1.29, 1.82) is 0 Å². The van der Waals surface area contributed by atoms with E-state index in [1.165, 1.54) is 0 Å². The lowest BCUT2D eigenvalue weighted by Gasteiger charge is -2.17. The lowest BCUT2D eigenvalue weighted by Crippen LogP contribution is -2.14. The molecule has 0 spiro atoms. The van der Waals surface area contributed by atoms with E-state index in [1.807, 2.05) is 26.0 Å². The maximum Gasteiger partial charge on any atom is 0.304 e. The third kappa shape index (κ3) is 1.94. The molecule has 0 saturated heterocycles. The van der Waals surface area contributed by atoms with Crippen molar-refractivity contribution >= 4 is 17.6 Å². The van der Waals surface area contributed by atoms with Crippen molar-refractivity contribution in [3.63, 3.8) is 0 Å². The van der Waals surface area contributed by atoms with E-state index in [0.29, 0.717) is 0 Å². The molecule has 1 aromatic rings. The van der Waals surface area contributed by atoms with Crippen LogP contribution in [0.15, 0.2) is 12.1 Å². The molecular weight excluding hydrogens is 224 g/mol. The third-order valence-electron chi connectivity index (χ3n) is 3.42. The zero-order chi connectivity index (χ0) is 11.9. The standard InChI is InChI=1S/C13H15ClO2/c1-8-6-11(14)9(2)5-10(8)13(3-4-13)7-12(15)16/h5-6H,3-4,7H2,1-2H3,(H,15,16). The maximum absolute atomic E-state index is 10.9. The fourth-order valence-corrected chi connectivity index (χ4v) is 2.55. The number of carboxylic acid groups (broad SMARTS) is 1. The molecule has 86 valence electrons. The van der Waals surface area contributed by atoms with Gasteiger partial charge in [0.25, 0.3) is 0 Å². The molecule has 2 rings (SSSR count). The van der Waals surface area contributed by atoms with Crippen LogP contribution in [0.5, 0.6) is 0 Å². The quantitative estimate of drug-likeness (QED) is 0.876. The molecule has 1 fully saturated rings. The maximum atomic E-state index is 10.9. The summed E-state index contributed by atoms with van der Waals surface area (Å²) in [5, 5.41) is 9.70. The molecule has 1 aliphatic rings. The van der Waals surface area contributed by atoms with Gasteiger partial charge in [0.15, 0.2) is 0 Å². The van der Waals surface area contributed by atoms with Gasteiger partial charge in [-0.05, 0) is 49.4 Å². The Labute approximate surface area is 100 Å². The van der Waals surface area contributed by atoms with Crippen LogP contribution in [-0.4, -0.2) is 11.1 Å². The highest BCUT2D eigenvalue weighted by Crippen LogP contribution is 2.52. The Morgan fingerprint density at radius 1 is 1.38 bits per heavy atom. The first-order chi connectivity index (χ1) is 7.44. The molecule has 0 radical (unpaired) electrons. The Hall–Kier alpha value is -1.02. The van der Waals surface area contributed by atoms with Crippen LogP contribution in [0, 0.1) is 13.8 Å². The van der Waals surface area contributed by atoms with Crippen molar-refractivity contribution in [1.82, 2.24) is 0 Å². The molecule has 1 aromatic carbocycles. The lowest BCUT2D eigenvalue weighted by atomic mass is 9.88. The van der Waals surface area contributed by atoms with Gasteiger partial charge >= 0.3 is 5.97 Å². The largest absolute Gasteiger partial charge is 0.481 e. The van der Waals surface area contributed by atoms with Crippen LogP contribution in [0.3, 0.4) is 0 Å². The molecule has 0 aromatic heterocycles. The van der Waals surface area contributed by atoms with Crippen LogP contribution in [0.4, 0.5) is 0 Å². The third-order valence-corrected chi connectivity index (χ3v) is 3.83. The van der Waals surface area contributed by atoms with E-state index in [9.17, 15) is 4.79 Å². The Morgan fingerprint density at radius 2 is 2.00 bits per heavy atom. The van der Waals surface area contributed by atoms with E-state index in [-0.39, 0.29) is 11.8 Å². The summed E-state index contributed by atoms with van der Waals surface area (Å²) < 4.78 is 0. The van der Waals surface area contributed by atoms with E-state index in [1.54, 1.807) is 0 Å². The minimum atomic E-state index is -0.718. The summed E-state index contributed by atoms with van der Waals surface area (Å²) in [5.41, 5.74) is 3.18. The Morgan fingerprint density at radius 3 is 2.50 bits per heavy atom. The van der Waals surface area contributed by atoms with E-state index in [4.69, 9.17) is 16.7 Å². The lowest BCUT2D eigenvalue weighted by molar-refractivity contribution is -0.137. The van der Waals surface area contributed by atoms with Gasteiger partial charge in [0.05, 0.1) is 6.42 Å². The first-order valence-electron chi connectivity index (χ1n) is 5.44. The predicted octanol–water partition coefficient (Wildman–Crippen LogP) is 3.46. The topological polar surface area (TPSA) is 37.3 Å². The minimum absolute atomic E-state index is 0.120. The van der Waals surface area contributed by atoms with Crippen molar-refractivity contribution in [3.05, 3.63) is 33.8 Å². The summed E-state index contributed by atoms with van der Waals surface area (Å²) in [5.74, 6) is -0.718. The number of hydrogen-bond donors (Lipinski definition) is 1. The normalized spacial score (nSPS) is 17.2. The van der Waals surface area contributed by atoms with Crippen LogP contribution >= 0.6 is 11.6 Å². The van der Waals surface area contributed by atoms with Crippen LogP contribution < -0.4 is 0 Å². The summed E-state index contributed by atoms with van der Waals surface area (Å²) >= 11 is 6.05. The number of hydrogen-bond acceptors (Lipinski definition) is 1. The van der Waals surface area contributed by atoms with Gasteiger partial charge in [-0.25, -0.2) is 0 Å². The van der Waals surface area contributed by atoms with Crippen LogP contribution in [0.25, 0.3) is 0 Å². The fraction of sp³-hybridized carbons (Fsp3) is 0.462. The number of aliphatic carboxylic acids is 1. The predicted molar refractivity (Wildman–Crippen MR) is 64.1 cm³/mol. The highest BCUT2D eigenvalue weighted by atomic mass is 35.5. The summed E-state index contributed by atoms with van der Waals surface area (Å²) in [7, 11) is 0. The molecule has 3 heteroatoms. The van der Waals surface area contributed by atoms with Gasteiger partial charge in [-0.3, -0.25) is 4.79 Å². The van der Waals surface area contributed by atoms with Crippen LogP contribution in [0.2, 0.25) is 5.02 Å². The van der Waals surface area contributed by atoms with Crippen LogP contribution in [0.1, 0.15) is 36.0 Å². The van der Waals surface area contributed by atoms with Gasteiger partial charge in [0.2, 0.25) is 0 Å².